The fourth-order valence-corrected chi connectivity index (χ4v) is 3.91. The summed E-state index contributed by atoms with van der Waals surface area (Å²) in [7, 11) is 0. The number of carbonyl (C=O) groups excluding carboxylic acids is 2. The first kappa shape index (κ1) is 18.4. The zero-order valence-electron chi connectivity index (χ0n) is 15.1. The summed E-state index contributed by atoms with van der Waals surface area (Å²) in [6, 6.07) is 14.5. The third-order valence-electron chi connectivity index (χ3n) is 4.77. The van der Waals surface area contributed by atoms with Gasteiger partial charge in [0.1, 0.15) is 17.1 Å². The molecule has 144 valence electrons. The van der Waals surface area contributed by atoms with E-state index >= 15 is 0 Å². The maximum Gasteiger partial charge on any atom is 0.411 e. The Morgan fingerprint density at radius 2 is 1.86 bits per heavy atom. The summed E-state index contributed by atoms with van der Waals surface area (Å²) < 4.78 is 13.9. The number of fused-ring (bicyclic) bond motifs is 1. The molecule has 2 N–H and O–H groups in total. The van der Waals surface area contributed by atoms with Crippen molar-refractivity contribution in [2.75, 3.05) is 5.32 Å². The number of nitrogens with one attached hydrogen (secondary N) is 2. The van der Waals surface area contributed by atoms with Crippen LogP contribution < -0.4 is 10.6 Å². The molecule has 1 fully saturated rings. The number of ether oxygens (including phenoxy) is 1. The zero-order valence-corrected chi connectivity index (χ0v) is 15.9. The Kier molecular flexibility index (Phi) is 5.48. The van der Waals surface area contributed by atoms with E-state index in [0.717, 1.165) is 42.0 Å². The molecule has 2 amide bonds. The van der Waals surface area contributed by atoms with Crippen LogP contribution in [-0.2, 0) is 4.74 Å². The predicted molar refractivity (Wildman–Crippen MR) is 107 cm³/mol. The molecular formula is C20H20N4O3S. The molecule has 1 aliphatic carbocycles. The number of anilines is 1. The molecule has 0 bridgehead atoms. The van der Waals surface area contributed by atoms with Crippen molar-refractivity contribution in [3.63, 3.8) is 0 Å². The minimum Gasteiger partial charge on any atom is -0.446 e. The minimum atomic E-state index is -0.468. The fourth-order valence-electron chi connectivity index (χ4n) is 3.40. The van der Waals surface area contributed by atoms with Gasteiger partial charge in [0.05, 0.1) is 11.7 Å². The van der Waals surface area contributed by atoms with Crippen molar-refractivity contribution >= 4 is 40.4 Å². The smallest absolute Gasteiger partial charge is 0.411 e. The first-order chi connectivity index (χ1) is 13.7. The summed E-state index contributed by atoms with van der Waals surface area (Å²) in [5.41, 5.74) is 2.77. The molecule has 1 aromatic heterocycles. The molecule has 0 saturated heterocycles. The highest BCUT2D eigenvalue weighted by atomic mass is 32.1. The lowest BCUT2D eigenvalue weighted by Crippen LogP contribution is -2.41. The normalized spacial score (nSPS) is 19.1. The summed E-state index contributed by atoms with van der Waals surface area (Å²) in [6.45, 7) is 0. The molecular weight excluding hydrogens is 376 g/mol. The molecule has 2 atom stereocenters. The molecule has 1 aliphatic rings. The number of hydrogen-bond donors (Lipinski definition) is 2. The average molecular weight is 396 g/mol. The summed E-state index contributed by atoms with van der Waals surface area (Å²) in [6.07, 6.45) is 2.48. The van der Waals surface area contributed by atoms with Crippen LogP contribution in [0, 0.1) is 0 Å². The summed E-state index contributed by atoms with van der Waals surface area (Å²) in [5.74, 6) is -0.144. The van der Waals surface area contributed by atoms with Crippen molar-refractivity contribution in [3.8, 4) is 0 Å². The number of nitrogens with zero attached hydrogens (tertiary/aromatic N) is 2. The number of rotatable bonds is 4. The Morgan fingerprint density at radius 1 is 1.04 bits per heavy atom. The fraction of sp³-hybridized carbons (Fsp3) is 0.300. The zero-order chi connectivity index (χ0) is 19.3. The number of hydrogen-bond acceptors (Lipinski definition) is 6. The molecule has 7 nitrogen and oxygen atoms in total. The standard InChI is InChI=1S/C20H20N4O3S/c25-19(13-9-10-17-18(11-13)24-28-23-17)21-15-7-4-8-16(12-15)27-20(26)22-14-5-2-1-3-6-14/h1-3,5-6,9-11,15-16H,4,7-8,12H2,(H,21,25)(H,22,26). The van der Waals surface area contributed by atoms with Crippen LogP contribution in [0.15, 0.2) is 48.5 Å². The predicted octanol–water partition coefficient (Wildman–Crippen LogP) is 3.98. The summed E-state index contributed by atoms with van der Waals surface area (Å²) in [5, 5.41) is 5.77. The Labute approximate surface area is 166 Å². The van der Waals surface area contributed by atoms with Crippen LogP contribution in [-0.4, -0.2) is 32.9 Å². The van der Waals surface area contributed by atoms with Gasteiger partial charge in [-0.2, -0.15) is 8.75 Å². The highest BCUT2D eigenvalue weighted by molar-refractivity contribution is 7.00. The third kappa shape index (κ3) is 4.45. The second-order valence-corrected chi connectivity index (χ2v) is 7.35. The molecule has 28 heavy (non-hydrogen) atoms. The summed E-state index contributed by atoms with van der Waals surface area (Å²) in [4.78, 5) is 24.7. The number of aromatic nitrogens is 2. The van der Waals surface area contributed by atoms with Crippen molar-refractivity contribution in [2.45, 2.75) is 37.8 Å². The maximum atomic E-state index is 12.6. The molecule has 0 spiro atoms. The molecule has 2 aromatic carbocycles. The topological polar surface area (TPSA) is 93.2 Å². The van der Waals surface area contributed by atoms with Gasteiger partial charge in [0.2, 0.25) is 0 Å². The van der Waals surface area contributed by atoms with Crippen LogP contribution in [0.3, 0.4) is 0 Å². The lowest BCUT2D eigenvalue weighted by atomic mass is 9.92. The summed E-state index contributed by atoms with van der Waals surface area (Å²) >= 11 is 1.13. The van der Waals surface area contributed by atoms with Gasteiger partial charge in [-0.3, -0.25) is 10.1 Å². The minimum absolute atomic E-state index is 0.0277. The molecule has 1 heterocycles. The van der Waals surface area contributed by atoms with Crippen LogP contribution >= 0.6 is 11.7 Å². The van der Waals surface area contributed by atoms with E-state index in [1.807, 2.05) is 18.2 Å². The molecule has 8 heteroatoms. The van der Waals surface area contributed by atoms with Crippen LogP contribution in [0.4, 0.5) is 10.5 Å². The Bertz CT molecular complexity index is 976. The van der Waals surface area contributed by atoms with Gasteiger partial charge in [-0.25, -0.2) is 4.79 Å². The molecule has 0 aliphatic heterocycles. The number of para-hydroxylation sites is 1. The average Bonchev–Trinajstić information content (AvgIpc) is 3.16. The van der Waals surface area contributed by atoms with Gasteiger partial charge in [-0.05, 0) is 49.6 Å². The van der Waals surface area contributed by atoms with E-state index in [4.69, 9.17) is 4.74 Å². The Balaban J connectivity index is 1.31. The van der Waals surface area contributed by atoms with Crippen molar-refractivity contribution in [3.05, 3.63) is 54.1 Å². The molecule has 3 aromatic rings. The molecule has 2 unspecified atom stereocenters. The van der Waals surface area contributed by atoms with Gasteiger partial charge in [0.15, 0.2) is 0 Å². The number of benzene rings is 2. The number of carbonyl (C=O) groups is 2. The molecule has 4 rings (SSSR count). The van der Waals surface area contributed by atoms with Gasteiger partial charge in [-0.15, -0.1) is 0 Å². The molecule has 0 radical (unpaired) electrons. The first-order valence-corrected chi connectivity index (χ1v) is 9.96. The van der Waals surface area contributed by atoms with E-state index in [2.05, 4.69) is 19.4 Å². The van der Waals surface area contributed by atoms with E-state index < -0.39 is 6.09 Å². The van der Waals surface area contributed by atoms with E-state index in [1.54, 1.807) is 30.3 Å². The van der Waals surface area contributed by atoms with E-state index in [-0.39, 0.29) is 18.1 Å². The van der Waals surface area contributed by atoms with Crippen molar-refractivity contribution in [2.24, 2.45) is 0 Å². The van der Waals surface area contributed by atoms with Gasteiger partial charge in [0.25, 0.3) is 5.91 Å². The van der Waals surface area contributed by atoms with Crippen LogP contribution in [0.2, 0.25) is 0 Å². The highest BCUT2D eigenvalue weighted by Crippen LogP contribution is 2.23. The van der Waals surface area contributed by atoms with Gasteiger partial charge >= 0.3 is 6.09 Å². The van der Waals surface area contributed by atoms with Crippen molar-refractivity contribution in [1.29, 1.82) is 0 Å². The highest BCUT2D eigenvalue weighted by Gasteiger charge is 2.26. The maximum absolute atomic E-state index is 12.6. The van der Waals surface area contributed by atoms with Crippen molar-refractivity contribution < 1.29 is 14.3 Å². The SMILES string of the molecule is O=C(Nc1ccccc1)OC1CCCC(NC(=O)c2ccc3nsnc3c2)C1. The monoisotopic (exact) mass is 396 g/mol. The van der Waals surface area contributed by atoms with E-state index in [1.165, 1.54) is 0 Å². The van der Waals surface area contributed by atoms with Crippen LogP contribution in [0.5, 0.6) is 0 Å². The van der Waals surface area contributed by atoms with Gasteiger partial charge < -0.3 is 10.1 Å². The van der Waals surface area contributed by atoms with E-state index in [0.29, 0.717) is 17.7 Å². The quantitative estimate of drug-likeness (QED) is 0.696. The largest absolute Gasteiger partial charge is 0.446 e. The first-order valence-electron chi connectivity index (χ1n) is 9.23. The van der Waals surface area contributed by atoms with Crippen molar-refractivity contribution in [1.82, 2.24) is 14.1 Å². The van der Waals surface area contributed by atoms with Crippen LogP contribution in [0.1, 0.15) is 36.0 Å². The Hall–Kier alpha value is -3.00. The van der Waals surface area contributed by atoms with Gasteiger partial charge in [-0.1, -0.05) is 18.2 Å². The van der Waals surface area contributed by atoms with Crippen LogP contribution in [0.25, 0.3) is 11.0 Å². The molecule has 1 saturated carbocycles. The lowest BCUT2D eigenvalue weighted by Gasteiger charge is -2.29. The van der Waals surface area contributed by atoms with Gasteiger partial charge in [0, 0.05) is 23.7 Å². The van der Waals surface area contributed by atoms with E-state index in [9.17, 15) is 9.59 Å². The Morgan fingerprint density at radius 3 is 2.71 bits per heavy atom. The second kappa shape index (κ2) is 8.35. The third-order valence-corrected chi connectivity index (χ3v) is 5.33. The number of amides is 2. The second-order valence-electron chi connectivity index (χ2n) is 6.82. The lowest BCUT2D eigenvalue weighted by molar-refractivity contribution is 0.0712.